The number of benzene rings is 1. The molecule has 2 aromatic rings. The number of ketones is 1. The number of halogens is 2. The zero-order chi connectivity index (χ0) is 13.1. The third-order valence-electron chi connectivity index (χ3n) is 2.72. The minimum atomic E-state index is 0.163. The molecule has 1 nitrogen and oxygen atoms in total. The highest BCUT2D eigenvalue weighted by atomic mass is 79.9. The van der Waals surface area contributed by atoms with E-state index < -0.39 is 0 Å². The quantitative estimate of drug-likeness (QED) is 0.653. The van der Waals surface area contributed by atoms with Gasteiger partial charge in [-0.15, -0.1) is 11.3 Å². The number of Topliss-reactive ketones (excluding diaryl/α,β-unsaturated/α-hetero) is 1. The van der Waals surface area contributed by atoms with Gasteiger partial charge in [-0.05, 0) is 55.5 Å². The largest absolute Gasteiger partial charge is 0.293 e. The molecule has 0 saturated heterocycles. The predicted molar refractivity (Wildman–Crippen MR) is 83.6 cm³/mol. The smallest absolute Gasteiger partial charge is 0.177 e. The molecule has 0 radical (unpaired) electrons. The zero-order valence-electron chi connectivity index (χ0n) is 9.87. The molecule has 0 saturated carbocycles. The fraction of sp³-hybridized carbons (Fsp3) is 0.214. The van der Waals surface area contributed by atoms with Crippen molar-refractivity contribution in [2.75, 3.05) is 0 Å². The molecule has 18 heavy (non-hydrogen) atoms. The average molecular weight is 388 g/mol. The Kier molecular flexibility index (Phi) is 4.76. The third kappa shape index (κ3) is 3.31. The van der Waals surface area contributed by atoms with Crippen LogP contribution >= 0.6 is 43.2 Å². The van der Waals surface area contributed by atoms with E-state index in [0.717, 1.165) is 25.1 Å². The summed E-state index contributed by atoms with van der Waals surface area (Å²) in [5.74, 6) is 0.163. The first-order chi connectivity index (χ1) is 8.60. The van der Waals surface area contributed by atoms with Crippen molar-refractivity contribution in [2.24, 2.45) is 0 Å². The monoisotopic (exact) mass is 386 g/mol. The molecule has 0 aliphatic rings. The normalized spacial score (nSPS) is 10.6. The van der Waals surface area contributed by atoms with E-state index in [4.69, 9.17) is 0 Å². The molecule has 2 rings (SSSR count). The van der Waals surface area contributed by atoms with E-state index in [1.54, 1.807) is 0 Å². The summed E-state index contributed by atoms with van der Waals surface area (Å²) in [6.07, 6.45) is 1.49. The van der Waals surface area contributed by atoms with Crippen LogP contribution in [0.3, 0.4) is 0 Å². The van der Waals surface area contributed by atoms with Gasteiger partial charge < -0.3 is 0 Å². The summed E-state index contributed by atoms with van der Waals surface area (Å²) >= 11 is 8.28. The number of rotatable bonds is 4. The van der Waals surface area contributed by atoms with Crippen LogP contribution in [0.2, 0.25) is 0 Å². The van der Waals surface area contributed by atoms with Crippen molar-refractivity contribution in [3.05, 3.63) is 54.6 Å². The molecule has 1 aromatic heterocycles. The summed E-state index contributed by atoms with van der Waals surface area (Å²) in [4.78, 5) is 12.9. The van der Waals surface area contributed by atoms with Crippen molar-refractivity contribution in [2.45, 2.75) is 19.8 Å². The lowest BCUT2D eigenvalue weighted by molar-refractivity contribution is 0.0997. The Hall–Kier alpha value is -0.450. The summed E-state index contributed by atoms with van der Waals surface area (Å²) in [6.45, 7) is 2.13. The average Bonchev–Trinajstić information content (AvgIpc) is 2.71. The highest BCUT2D eigenvalue weighted by molar-refractivity contribution is 9.13. The van der Waals surface area contributed by atoms with E-state index >= 15 is 0 Å². The zero-order valence-corrected chi connectivity index (χ0v) is 13.9. The Morgan fingerprint density at radius 2 is 1.78 bits per heavy atom. The second-order valence-corrected chi connectivity index (χ2v) is 7.23. The summed E-state index contributed by atoms with van der Waals surface area (Å²) in [7, 11) is 0. The summed E-state index contributed by atoms with van der Waals surface area (Å²) in [6, 6.07) is 10.1. The van der Waals surface area contributed by atoms with Crippen molar-refractivity contribution in [1.29, 1.82) is 0 Å². The highest BCUT2D eigenvalue weighted by Crippen LogP contribution is 2.32. The summed E-state index contributed by atoms with van der Waals surface area (Å²) in [5, 5.41) is 0. The van der Waals surface area contributed by atoms with Crippen molar-refractivity contribution in [3.63, 3.8) is 0 Å². The van der Waals surface area contributed by atoms with E-state index in [1.807, 2.05) is 18.2 Å². The highest BCUT2D eigenvalue weighted by Gasteiger charge is 2.12. The van der Waals surface area contributed by atoms with Crippen molar-refractivity contribution in [3.8, 4) is 0 Å². The van der Waals surface area contributed by atoms with E-state index in [9.17, 15) is 4.79 Å². The van der Waals surface area contributed by atoms with E-state index in [2.05, 4.69) is 50.9 Å². The Labute approximate surface area is 127 Å². The van der Waals surface area contributed by atoms with E-state index in [-0.39, 0.29) is 5.78 Å². The maximum Gasteiger partial charge on any atom is 0.177 e. The Balaban J connectivity index is 2.10. The van der Waals surface area contributed by atoms with Crippen LogP contribution in [-0.2, 0) is 12.8 Å². The molecular weight excluding hydrogens is 376 g/mol. The van der Waals surface area contributed by atoms with E-state index in [1.165, 1.54) is 16.9 Å². The van der Waals surface area contributed by atoms with Gasteiger partial charge in [0.25, 0.3) is 0 Å². The van der Waals surface area contributed by atoms with Gasteiger partial charge in [0.2, 0.25) is 0 Å². The van der Waals surface area contributed by atoms with Crippen molar-refractivity contribution >= 4 is 49.0 Å². The molecule has 0 aliphatic heterocycles. The molecule has 0 fully saturated rings. The molecular formula is C14H12Br2OS. The Bertz CT molecular complexity index is 538. The SMILES string of the molecule is CCc1ccc(CC(=O)c2cc(Br)c(Br)s2)cc1. The number of carbonyl (C=O) groups is 1. The van der Waals surface area contributed by atoms with Gasteiger partial charge in [0, 0.05) is 10.9 Å². The molecule has 0 unspecified atom stereocenters. The van der Waals surface area contributed by atoms with Crippen LogP contribution < -0.4 is 0 Å². The lowest BCUT2D eigenvalue weighted by Crippen LogP contribution is -2.01. The maximum absolute atomic E-state index is 12.1. The number of hydrogen-bond acceptors (Lipinski definition) is 2. The molecule has 0 aliphatic carbocycles. The molecule has 4 heteroatoms. The predicted octanol–water partition coefficient (Wildman–Crippen LogP) is 5.26. The fourth-order valence-corrected chi connectivity index (χ4v) is 3.62. The number of hydrogen-bond donors (Lipinski definition) is 0. The lowest BCUT2D eigenvalue weighted by atomic mass is 10.1. The van der Waals surface area contributed by atoms with Crippen LogP contribution in [0.5, 0.6) is 0 Å². The van der Waals surface area contributed by atoms with Crippen molar-refractivity contribution in [1.82, 2.24) is 0 Å². The van der Waals surface area contributed by atoms with Gasteiger partial charge in [-0.2, -0.15) is 0 Å². The maximum atomic E-state index is 12.1. The molecule has 94 valence electrons. The van der Waals surface area contributed by atoms with Crippen LogP contribution in [0.1, 0.15) is 27.7 Å². The summed E-state index contributed by atoms with van der Waals surface area (Å²) < 4.78 is 1.91. The first kappa shape index (κ1) is 14.0. The Morgan fingerprint density at radius 1 is 1.17 bits per heavy atom. The third-order valence-corrected chi connectivity index (χ3v) is 6.01. The number of carbonyl (C=O) groups excluding carboxylic acids is 1. The van der Waals surface area contributed by atoms with Crippen LogP contribution in [0, 0.1) is 0 Å². The molecule has 0 spiro atoms. The van der Waals surface area contributed by atoms with Crippen LogP contribution in [0.15, 0.2) is 38.6 Å². The van der Waals surface area contributed by atoms with E-state index in [0.29, 0.717) is 6.42 Å². The topological polar surface area (TPSA) is 17.1 Å². The molecule has 0 amide bonds. The summed E-state index contributed by atoms with van der Waals surface area (Å²) in [5.41, 5.74) is 2.37. The number of aryl methyl sites for hydroxylation is 1. The fourth-order valence-electron chi connectivity index (χ4n) is 1.65. The van der Waals surface area contributed by atoms with Crippen LogP contribution in [0.4, 0.5) is 0 Å². The van der Waals surface area contributed by atoms with Crippen LogP contribution in [0.25, 0.3) is 0 Å². The lowest BCUT2D eigenvalue weighted by Gasteiger charge is -2.01. The van der Waals surface area contributed by atoms with Gasteiger partial charge in [0.15, 0.2) is 5.78 Å². The van der Waals surface area contributed by atoms with Gasteiger partial charge in [-0.1, -0.05) is 31.2 Å². The van der Waals surface area contributed by atoms with Crippen molar-refractivity contribution < 1.29 is 4.79 Å². The first-order valence-electron chi connectivity index (χ1n) is 5.66. The van der Waals surface area contributed by atoms with Crippen LogP contribution in [-0.4, -0.2) is 5.78 Å². The molecule has 1 heterocycles. The van der Waals surface area contributed by atoms with Gasteiger partial charge in [-0.25, -0.2) is 0 Å². The van der Waals surface area contributed by atoms with Gasteiger partial charge in [-0.3, -0.25) is 4.79 Å². The minimum absolute atomic E-state index is 0.163. The second-order valence-electron chi connectivity index (χ2n) is 4.00. The molecule has 0 bridgehead atoms. The van der Waals surface area contributed by atoms with Gasteiger partial charge >= 0.3 is 0 Å². The second kappa shape index (κ2) is 6.13. The minimum Gasteiger partial charge on any atom is -0.293 e. The van der Waals surface area contributed by atoms with Gasteiger partial charge in [0.1, 0.15) is 0 Å². The van der Waals surface area contributed by atoms with Gasteiger partial charge in [0.05, 0.1) is 8.66 Å². The molecule has 0 N–H and O–H groups in total. The standard InChI is InChI=1S/C14H12Br2OS/c1-2-9-3-5-10(6-4-9)7-12(17)13-8-11(15)14(16)18-13/h3-6,8H,2,7H2,1H3. The number of thiophene rings is 1. The Morgan fingerprint density at radius 3 is 2.28 bits per heavy atom. The first-order valence-corrected chi connectivity index (χ1v) is 8.06. The molecule has 1 aromatic carbocycles. The molecule has 0 atom stereocenters.